The standard InChI is InChI=1S/C26H45NO3/c1-15(2)21-13-22(16(3)4)25(23(14-21)17(5)6)20(10)27(29)24(18(7)8)12-19(9)26(28)30-11/h13-20,24,29H,12H2,1-11H3/t19-,20+,24-/m1/s1. The summed E-state index contributed by atoms with van der Waals surface area (Å²) >= 11 is 0. The van der Waals surface area contributed by atoms with Crippen LogP contribution in [0, 0.1) is 11.8 Å². The van der Waals surface area contributed by atoms with Crippen LogP contribution in [0.15, 0.2) is 12.1 Å². The number of esters is 1. The van der Waals surface area contributed by atoms with Crippen molar-refractivity contribution in [2.75, 3.05) is 7.11 Å². The fourth-order valence-electron chi connectivity index (χ4n) is 4.26. The second-order valence-corrected chi connectivity index (χ2v) is 10.1. The molecule has 0 saturated carbocycles. The van der Waals surface area contributed by atoms with Gasteiger partial charge in [-0.05, 0) is 59.3 Å². The Morgan fingerprint density at radius 2 is 1.37 bits per heavy atom. The van der Waals surface area contributed by atoms with E-state index in [0.29, 0.717) is 24.2 Å². The predicted octanol–water partition coefficient (Wildman–Crippen LogP) is 7.03. The van der Waals surface area contributed by atoms with Gasteiger partial charge in [-0.25, -0.2) is 0 Å². The normalized spacial score (nSPS) is 15.4. The number of benzene rings is 1. The molecule has 172 valence electrons. The van der Waals surface area contributed by atoms with E-state index in [1.807, 2.05) is 6.92 Å². The summed E-state index contributed by atoms with van der Waals surface area (Å²) < 4.78 is 4.92. The van der Waals surface area contributed by atoms with E-state index < -0.39 is 0 Å². The first-order chi connectivity index (χ1) is 13.8. The van der Waals surface area contributed by atoms with E-state index in [4.69, 9.17) is 4.74 Å². The summed E-state index contributed by atoms with van der Waals surface area (Å²) in [5.41, 5.74) is 5.19. The van der Waals surface area contributed by atoms with Crippen molar-refractivity contribution in [2.24, 2.45) is 11.8 Å². The zero-order valence-corrected chi connectivity index (χ0v) is 21.1. The maximum atomic E-state index is 12.0. The molecule has 1 aromatic rings. The highest BCUT2D eigenvalue weighted by molar-refractivity contribution is 5.71. The summed E-state index contributed by atoms with van der Waals surface area (Å²) in [6, 6.07) is 4.34. The zero-order chi connectivity index (χ0) is 23.3. The molecule has 30 heavy (non-hydrogen) atoms. The topological polar surface area (TPSA) is 49.8 Å². The van der Waals surface area contributed by atoms with Crippen LogP contribution in [0.25, 0.3) is 0 Å². The molecule has 0 aliphatic rings. The molecule has 0 aliphatic heterocycles. The van der Waals surface area contributed by atoms with E-state index >= 15 is 0 Å². The lowest BCUT2D eigenvalue weighted by molar-refractivity contribution is -0.176. The van der Waals surface area contributed by atoms with Crippen LogP contribution in [0.3, 0.4) is 0 Å². The third-order valence-electron chi connectivity index (χ3n) is 6.30. The first kappa shape index (κ1) is 26.6. The number of methoxy groups -OCH3 is 1. The number of carbonyl (C=O) groups excluding carboxylic acids is 1. The summed E-state index contributed by atoms with van der Waals surface area (Å²) in [4.78, 5) is 12.0. The van der Waals surface area contributed by atoms with E-state index in [0.717, 1.165) is 0 Å². The number of hydrogen-bond donors (Lipinski definition) is 1. The largest absolute Gasteiger partial charge is 0.469 e. The van der Waals surface area contributed by atoms with Gasteiger partial charge in [-0.3, -0.25) is 4.79 Å². The van der Waals surface area contributed by atoms with E-state index in [-0.39, 0.29) is 29.9 Å². The lowest BCUT2D eigenvalue weighted by Crippen LogP contribution is -2.41. The quantitative estimate of drug-likeness (QED) is 0.326. The maximum absolute atomic E-state index is 12.0. The van der Waals surface area contributed by atoms with Crippen LogP contribution in [-0.2, 0) is 9.53 Å². The second-order valence-electron chi connectivity index (χ2n) is 10.1. The van der Waals surface area contributed by atoms with Crippen LogP contribution in [0.2, 0.25) is 0 Å². The molecular formula is C26H45NO3. The molecule has 0 amide bonds. The van der Waals surface area contributed by atoms with Crippen LogP contribution in [0.5, 0.6) is 0 Å². The number of nitrogens with zero attached hydrogens (tertiary/aromatic N) is 1. The van der Waals surface area contributed by atoms with Crippen LogP contribution in [0.1, 0.15) is 122 Å². The Hall–Kier alpha value is -1.39. The van der Waals surface area contributed by atoms with Crippen molar-refractivity contribution in [3.8, 4) is 0 Å². The molecule has 0 unspecified atom stereocenters. The van der Waals surface area contributed by atoms with E-state index in [1.165, 1.54) is 34.4 Å². The minimum absolute atomic E-state index is 0.140. The molecule has 0 radical (unpaired) electrons. The Balaban J connectivity index is 3.47. The van der Waals surface area contributed by atoms with Crippen LogP contribution in [0.4, 0.5) is 0 Å². The molecule has 1 rings (SSSR count). The fraction of sp³-hybridized carbons (Fsp3) is 0.731. The number of carbonyl (C=O) groups is 1. The maximum Gasteiger partial charge on any atom is 0.308 e. The van der Waals surface area contributed by atoms with Crippen molar-refractivity contribution < 1.29 is 14.7 Å². The zero-order valence-electron chi connectivity index (χ0n) is 21.1. The summed E-state index contributed by atoms with van der Waals surface area (Å²) in [7, 11) is 1.42. The van der Waals surface area contributed by atoms with Gasteiger partial charge >= 0.3 is 5.97 Å². The molecule has 0 fully saturated rings. The van der Waals surface area contributed by atoms with E-state index in [2.05, 4.69) is 74.4 Å². The molecule has 4 nitrogen and oxygen atoms in total. The fourth-order valence-corrected chi connectivity index (χ4v) is 4.26. The smallest absolute Gasteiger partial charge is 0.308 e. The molecule has 0 spiro atoms. The monoisotopic (exact) mass is 419 g/mol. The van der Waals surface area contributed by atoms with Crippen molar-refractivity contribution in [3.05, 3.63) is 34.4 Å². The van der Waals surface area contributed by atoms with Gasteiger partial charge in [0.1, 0.15) is 0 Å². The molecule has 1 aromatic carbocycles. The van der Waals surface area contributed by atoms with Gasteiger partial charge in [-0.2, -0.15) is 5.06 Å². The highest BCUT2D eigenvalue weighted by atomic mass is 16.5. The highest BCUT2D eigenvalue weighted by Gasteiger charge is 2.32. The Morgan fingerprint density at radius 1 is 0.900 bits per heavy atom. The molecule has 0 aromatic heterocycles. The van der Waals surface area contributed by atoms with Gasteiger partial charge in [0.2, 0.25) is 0 Å². The van der Waals surface area contributed by atoms with Gasteiger partial charge in [-0.15, -0.1) is 0 Å². The Kier molecular flexibility index (Phi) is 10.0. The molecule has 3 atom stereocenters. The van der Waals surface area contributed by atoms with Crippen molar-refractivity contribution >= 4 is 5.97 Å². The van der Waals surface area contributed by atoms with Crippen LogP contribution in [-0.4, -0.2) is 29.4 Å². The van der Waals surface area contributed by atoms with Crippen molar-refractivity contribution in [1.29, 1.82) is 0 Å². The first-order valence-electron chi connectivity index (χ1n) is 11.6. The molecule has 1 N–H and O–H groups in total. The third-order valence-corrected chi connectivity index (χ3v) is 6.30. The minimum Gasteiger partial charge on any atom is -0.469 e. The predicted molar refractivity (Wildman–Crippen MR) is 125 cm³/mol. The van der Waals surface area contributed by atoms with Crippen LogP contribution >= 0.6 is 0 Å². The second kappa shape index (κ2) is 11.3. The Labute approximate surface area is 185 Å². The molecule has 4 heteroatoms. The summed E-state index contributed by atoms with van der Waals surface area (Å²) in [6.07, 6.45) is 0.559. The SMILES string of the molecule is COC(=O)[C@H](C)C[C@H](C(C)C)N(O)[C@@H](C)c1c(C(C)C)cc(C(C)C)cc1C(C)C. The van der Waals surface area contributed by atoms with Crippen LogP contribution < -0.4 is 0 Å². The summed E-state index contributed by atoms with van der Waals surface area (Å²) in [5, 5.41) is 12.9. The van der Waals surface area contributed by atoms with E-state index in [9.17, 15) is 10.0 Å². The third kappa shape index (κ3) is 6.31. The Bertz CT molecular complexity index is 665. The van der Waals surface area contributed by atoms with Gasteiger partial charge < -0.3 is 9.94 Å². The van der Waals surface area contributed by atoms with Crippen molar-refractivity contribution in [1.82, 2.24) is 5.06 Å². The highest BCUT2D eigenvalue weighted by Crippen LogP contribution is 2.39. The van der Waals surface area contributed by atoms with Gasteiger partial charge in [0.05, 0.1) is 19.1 Å². The molecule has 0 bridgehead atoms. The lowest BCUT2D eigenvalue weighted by atomic mass is 9.81. The molecular weight excluding hydrogens is 374 g/mol. The summed E-state index contributed by atoms with van der Waals surface area (Å²) in [5.74, 6) is 0.885. The van der Waals surface area contributed by atoms with Gasteiger partial charge in [-0.1, -0.05) is 74.4 Å². The average Bonchev–Trinajstić information content (AvgIpc) is 2.68. The van der Waals surface area contributed by atoms with Gasteiger partial charge in [0.25, 0.3) is 0 Å². The minimum atomic E-state index is -0.262. The van der Waals surface area contributed by atoms with Crippen molar-refractivity contribution in [3.63, 3.8) is 0 Å². The molecule has 0 heterocycles. The Morgan fingerprint density at radius 3 is 1.70 bits per heavy atom. The number of rotatable bonds is 10. The number of hydrogen-bond acceptors (Lipinski definition) is 4. The summed E-state index contributed by atoms with van der Waals surface area (Å²) in [6.45, 7) is 21.5. The molecule has 0 aliphatic carbocycles. The van der Waals surface area contributed by atoms with Gasteiger partial charge in [0, 0.05) is 6.04 Å². The van der Waals surface area contributed by atoms with E-state index in [1.54, 1.807) is 0 Å². The first-order valence-corrected chi connectivity index (χ1v) is 11.6. The van der Waals surface area contributed by atoms with Crippen molar-refractivity contribution in [2.45, 2.75) is 105 Å². The average molecular weight is 420 g/mol. The number of hydroxylamine groups is 2. The molecule has 0 saturated heterocycles. The number of ether oxygens (including phenoxy) is 1. The lowest BCUT2D eigenvalue weighted by Gasteiger charge is -2.37. The van der Waals surface area contributed by atoms with Gasteiger partial charge in [0.15, 0.2) is 0 Å².